The van der Waals surface area contributed by atoms with Crippen LogP contribution in [0.1, 0.15) is 30.5 Å². The number of carboxylic acids is 1. The largest absolute Gasteiger partial charge is 0.573 e. The number of ether oxygens (including phenoxy) is 1. The lowest BCUT2D eigenvalue weighted by atomic mass is 10.1. The molecule has 0 saturated heterocycles. The number of anilines is 2. The van der Waals surface area contributed by atoms with E-state index in [0.717, 1.165) is 16.6 Å². The van der Waals surface area contributed by atoms with E-state index in [1.54, 1.807) is 18.2 Å². The van der Waals surface area contributed by atoms with E-state index < -0.39 is 12.3 Å². The number of hydrogen-bond acceptors (Lipinski definition) is 4. The number of halogens is 4. The molecule has 0 aliphatic carbocycles. The number of carbonyl (C=O) groups is 1. The Balaban J connectivity index is 1.71. The van der Waals surface area contributed by atoms with Gasteiger partial charge in [-0.2, -0.15) is 0 Å². The predicted molar refractivity (Wildman–Crippen MR) is 122 cm³/mol. The first kappa shape index (κ1) is 24.1. The molecular formula is C25H21F4N3O3. The first-order valence-electron chi connectivity index (χ1n) is 10.7. The zero-order valence-electron chi connectivity index (χ0n) is 18.5. The number of aliphatic carboxylic acids is 1. The van der Waals surface area contributed by atoms with Crippen molar-refractivity contribution in [3.05, 3.63) is 83.7 Å². The molecule has 6 nitrogen and oxygen atoms in total. The molecule has 0 fully saturated rings. The molecule has 10 heteroatoms. The Bertz CT molecular complexity index is 1330. The Morgan fingerprint density at radius 2 is 1.77 bits per heavy atom. The molecule has 0 radical (unpaired) electrons. The summed E-state index contributed by atoms with van der Waals surface area (Å²) in [7, 11) is 0. The van der Waals surface area contributed by atoms with Crippen molar-refractivity contribution in [2.45, 2.75) is 32.2 Å². The quantitative estimate of drug-likeness (QED) is 0.280. The summed E-state index contributed by atoms with van der Waals surface area (Å²) in [6.45, 7) is 1.91. The van der Waals surface area contributed by atoms with Crippen LogP contribution >= 0.6 is 0 Å². The van der Waals surface area contributed by atoms with E-state index in [9.17, 15) is 22.4 Å². The van der Waals surface area contributed by atoms with E-state index in [1.807, 2.05) is 23.6 Å². The van der Waals surface area contributed by atoms with Crippen LogP contribution in [0.2, 0.25) is 0 Å². The van der Waals surface area contributed by atoms with Gasteiger partial charge in [-0.1, -0.05) is 18.2 Å². The monoisotopic (exact) mass is 487 g/mol. The molecule has 2 N–H and O–H groups in total. The highest BCUT2D eigenvalue weighted by Gasteiger charge is 2.31. The van der Waals surface area contributed by atoms with Crippen LogP contribution in [-0.2, 0) is 11.2 Å². The summed E-state index contributed by atoms with van der Waals surface area (Å²) < 4.78 is 56.7. The van der Waals surface area contributed by atoms with E-state index in [0.29, 0.717) is 23.6 Å². The van der Waals surface area contributed by atoms with Gasteiger partial charge in [0.05, 0.1) is 17.1 Å². The summed E-state index contributed by atoms with van der Waals surface area (Å²) in [4.78, 5) is 15.6. The van der Waals surface area contributed by atoms with Crippen LogP contribution in [0.5, 0.6) is 5.75 Å². The highest BCUT2D eigenvalue weighted by atomic mass is 19.4. The van der Waals surface area contributed by atoms with E-state index in [4.69, 9.17) is 5.11 Å². The summed E-state index contributed by atoms with van der Waals surface area (Å²) in [5, 5.41) is 12.1. The second-order valence-electron chi connectivity index (χ2n) is 7.95. The highest BCUT2D eigenvalue weighted by molar-refractivity contribution is 5.81. The number of carboxylic acid groups (broad SMARTS) is 1. The van der Waals surface area contributed by atoms with Crippen LogP contribution in [0, 0.1) is 5.82 Å². The first-order chi connectivity index (χ1) is 16.6. The van der Waals surface area contributed by atoms with E-state index in [1.165, 1.54) is 36.4 Å². The number of hydrogen-bond donors (Lipinski definition) is 2. The van der Waals surface area contributed by atoms with Crippen molar-refractivity contribution in [1.29, 1.82) is 0 Å². The number of nitrogens with zero attached hydrogens (tertiary/aromatic N) is 2. The van der Waals surface area contributed by atoms with Gasteiger partial charge in [0, 0.05) is 12.1 Å². The van der Waals surface area contributed by atoms with Gasteiger partial charge in [-0.05, 0) is 73.0 Å². The van der Waals surface area contributed by atoms with Gasteiger partial charge in [0.15, 0.2) is 0 Å². The van der Waals surface area contributed by atoms with Gasteiger partial charge in [0.25, 0.3) is 0 Å². The number of aryl methyl sites for hydroxylation is 1. The minimum absolute atomic E-state index is 0.0182. The van der Waals surface area contributed by atoms with Gasteiger partial charge in [-0.25, -0.2) is 9.37 Å². The minimum atomic E-state index is -4.79. The molecule has 0 aliphatic heterocycles. The molecule has 1 unspecified atom stereocenters. The zero-order valence-corrected chi connectivity index (χ0v) is 18.5. The maximum atomic E-state index is 13.5. The molecule has 1 aromatic heterocycles. The fourth-order valence-corrected chi connectivity index (χ4v) is 3.79. The standard InChI is InChI=1S/C25H21F4N3O3/c1-15(17-4-6-18(26)7-5-17)32-22-12-2-16(3-13-23(33)34)14-21(22)31-24(32)30-19-8-10-20(11-9-19)35-25(27,28)29/h2,4-12,14-15H,3,13H2,1H3,(H,30,31)(H,33,34). The molecule has 182 valence electrons. The molecule has 1 heterocycles. The van der Waals surface area contributed by atoms with Gasteiger partial charge < -0.3 is 19.7 Å². The third-order valence-corrected chi connectivity index (χ3v) is 5.47. The first-order valence-corrected chi connectivity index (χ1v) is 10.7. The molecule has 0 amide bonds. The SMILES string of the molecule is CC(c1ccc(F)cc1)n1c(Nc2ccc(OC(F)(F)F)cc2)nc2cc(CCC(=O)O)ccc21. The van der Waals surface area contributed by atoms with Crippen molar-refractivity contribution in [3.8, 4) is 5.75 Å². The van der Waals surface area contributed by atoms with Crippen molar-refractivity contribution in [2.24, 2.45) is 0 Å². The highest BCUT2D eigenvalue weighted by Crippen LogP contribution is 2.32. The normalized spacial score (nSPS) is 12.5. The molecule has 0 spiro atoms. The van der Waals surface area contributed by atoms with Crippen LogP contribution in [0.4, 0.5) is 29.2 Å². The van der Waals surface area contributed by atoms with Gasteiger partial charge in [0.1, 0.15) is 11.6 Å². The number of rotatable bonds is 8. The summed E-state index contributed by atoms with van der Waals surface area (Å²) >= 11 is 0. The number of benzene rings is 3. The number of alkyl halides is 3. The Morgan fingerprint density at radius 1 is 1.09 bits per heavy atom. The van der Waals surface area contributed by atoms with Crippen molar-refractivity contribution in [1.82, 2.24) is 9.55 Å². The van der Waals surface area contributed by atoms with Crippen LogP contribution in [0.15, 0.2) is 66.7 Å². The van der Waals surface area contributed by atoms with E-state index in [-0.39, 0.29) is 24.0 Å². The summed E-state index contributed by atoms with van der Waals surface area (Å²) in [6.07, 6.45) is -4.46. The molecule has 1 atom stereocenters. The Morgan fingerprint density at radius 3 is 2.40 bits per heavy atom. The molecule has 3 aromatic carbocycles. The predicted octanol–water partition coefficient (Wildman–Crippen LogP) is 6.44. The van der Waals surface area contributed by atoms with Crippen molar-refractivity contribution in [3.63, 3.8) is 0 Å². The van der Waals surface area contributed by atoms with Crippen molar-refractivity contribution < 1.29 is 32.2 Å². The fraction of sp³-hybridized carbons (Fsp3) is 0.200. The third kappa shape index (κ3) is 5.89. The third-order valence-electron chi connectivity index (χ3n) is 5.47. The number of imidazole rings is 1. The Labute approximate surface area is 197 Å². The van der Waals surface area contributed by atoms with Crippen molar-refractivity contribution in [2.75, 3.05) is 5.32 Å². The number of aromatic nitrogens is 2. The topological polar surface area (TPSA) is 76.4 Å². The van der Waals surface area contributed by atoms with Gasteiger partial charge in [-0.15, -0.1) is 13.2 Å². The second-order valence-corrected chi connectivity index (χ2v) is 7.95. The average Bonchev–Trinajstić information content (AvgIpc) is 3.15. The van der Waals surface area contributed by atoms with E-state index >= 15 is 0 Å². The zero-order chi connectivity index (χ0) is 25.2. The lowest BCUT2D eigenvalue weighted by molar-refractivity contribution is -0.274. The molecule has 0 aliphatic rings. The van der Waals surface area contributed by atoms with Gasteiger partial charge in [-0.3, -0.25) is 4.79 Å². The second kappa shape index (κ2) is 9.65. The molecular weight excluding hydrogens is 466 g/mol. The summed E-state index contributed by atoms with van der Waals surface area (Å²) in [5.74, 6) is -1.20. The van der Waals surface area contributed by atoms with Crippen LogP contribution < -0.4 is 10.1 Å². The molecule has 4 aromatic rings. The number of nitrogens with one attached hydrogen (secondary N) is 1. The Kier molecular flexibility index (Phi) is 6.63. The van der Waals surface area contributed by atoms with Gasteiger partial charge >= 0.3 is 12.3 Å². The fourth-order valence-electron chi connectivity index (χ4n) is 3.79. The van der Waals surface area contributed by atoms with Gasteiger partial charge in [0.2, 0.25) is 5.95 Å². The van der Waals surface area contributed by atoms with Crippen LogP contribution in [-0.4, -0.2) is 27.0 Å². The molecule has 4 rings (SSSR count). The van der Waals surface area contributed by atoms with Crippen molar-refractivity contribution >= 4 is 28.6 Å². The minimum Gasteiger partial charge on any atom is -0.481 e. The smallest absolute Gasteiger partial charge is 0.481 e. The maximum absolute atomic E-state index is 13.5. The van der Waals surface area contributed by atoms with Crippen LogP contribution in [0.25, 0.3) is 11.0 Å². The summed E-state index contributed by atoms with van der Waals surface area (Å²) in [5.41, 5.74) is 3.46. The molecule has 35 heavy (non-hydrogen) atoms. The average molecular weight is 487 g/mol. The lowest BCUT2D eigenvalue weighted by Gasteiger charge is -2.19. The van der Waals surface area contributed by atoms with E-state index in [2.05, 4.69) is 15.0 Å². The lowest BCUT2D eigenvalue weighted by Crippen LogP contribution is -2.17. The summed E-state index contributed by atoms with van der Waals surface area (Å²) in [6, 6.07) is 16.5. The Hall–Kier alpha value is -4.08. The van der Waals surface area contributed by atoms with Crippen LogP contribution in [0.3, 0.4) is 0 Å². The molecule has 0 saturated carbocycles. The molecule has 0 bridgehead atoms. The maximum Gasteiger partial charge on any atom is 0.573 e. The number of fused-ring (bicyclic) bond motifs is 1.